The summed E-state index contributed by atoms with van der Waals surface area (Å²) in [5.74, 6) is 0.298. The first-order valence-corrected chi connectivity index (χ1v) is 9.49. The van der Waals surface area contributed by atoms with Gasteiger partial charge in [0.25, 0.3) is 5.91 Å². The minimum absolute atomic E-state index is 0.00476. The van der Waals surface area contributed by atoms with Crippen LogP contribution < -0.4 is 10.1 Å². The van der Waals surface area contributed by atoms with Crippen molar-refractivity contribution in [3.05, 3.63) is 70.2 Å². The molecule has 0 saturated heterocycles. The van der Waals surface area contributed by atoms with E-state index in [2.05, 4.69) is 10.3 Å². The third-order valence-electron chi connectivity index (χ3n) is 4.22. The Bertz CT molecular complexity index is 1070. The standard InChI is InChI=1S/C22H19N3O2S/c1-14-6-4-7-15(2)20(14)25-21(26)17(12-23)10-18-13-28-22(24-18)16-8-5-9-19(11-16)27-3/h4-11,13H,1-3H3,(H,25,26)/b17-10+. The van der Waals surface area contributed by atoms with E-state index in [1.807, 2.05) is 67.8 Å². The van der Waals surface area contributed by atoms with Crippen molar-refractivity contribution in [1.29, 1.82) is 5.26 Å². The van der Waals surface area contributed by atoms with Crippen molar-refractivity contribution in [2.45, 2.75) is 13.8 Å². The lowest BCUT2D eigenvalue weighted by Crippen LogP contribution is -2.15. The number of nitriles is 1. The highest BCUT2D eigenvalue weighted by Crippen LogP contribution is 2.28. The average Bonchev–Trinajstić information content (AvgIpc) is 3.17. The number of carbonyl (C=O) groups excluding carboxylic acids is 1. The summed E-state index contributed by atoms with van der Waals surface area (Å²) in [5, 5.41) is 14.9. The predicted octanol–water partition coefficient (Wildman–Crippen LogP) is 4.98. The van der Waals surface area contributed by atoms with Crippen LogP contribution in [0, 0.1) is 25.2 Å². The molecule has 1 heterocycles. The van der Waals surface area contributed by atoms with Crippen LogP contribution in [0.3, 0.4) is 0 Å². The largest absolute Gasteiger partial charge is 0.497 e. The minimum Gasteiger partial charge on any atom is -0.497 e. The maximum Gasteiger partial charge on any atom is 0.266 e. The van der Waals surface area contributed by atoms with Gasteiger partial charge in [0.1, 0.15) is 22.4 Å². The molecule has 0 spiro atoms. The smallest absolute Gasteiger partial charge is 0.266 e. The summed E-state index contributed by atoms with van der Waals surface area (Å²) in [6, 6.07) is 15.3. The number of thiazole rings is 1. The minimum atomic E-state index is -0.448. The Labute approximate surface area is 167 Å². The number of nitrogens with one attached hydrogen (secondary N) is 1. The average molecular weight is 389 g/mol. The molecule has 1 amide bonds. The molecule has 0 aliphatic rings. The number of hydrogen-bond acceptors (Lipinski definition) is 5. The van der Waals surface area contributed by atoms with E-state index in [9.17, 15) is 10.1 Å². The molecule has 28 heavy (non-hydrogen) atoms. The molecule has 0 radical (unpaired) electrons. The second-order valence-corrected chi connectivity index (χ2v) is 7.06. The summed E-state index contributed by atoms with van der Waals surface area (Å²) in [7, 11) is 1.61. The number of amides is 1. The molecule has 0 atom stereocenters. The third kappa shape index (κ3) is 4.27. The maximum absolute atomic E-state index is 12.6. The topological polar surface area (TPSA) is 75.0 Å². The maximum atomic E-state index is 12.6. The second-order valence-electron chi connectivity index (χ2n) is 6.20. The Kier molecular flexibility index (Phi) is 5.87. The molecule has 1 N–H and O–H groups in total. The summed E-state index contributed by atoms with van der Waals surface area (Å²) in [4.78, 5) is 17.1. The molecule has 1 aromatic heterocycles. The van der Waals surface area contributed by atoms with Crippen LogP contribution >= 0.6 is 11.3 Å². The van der Waals surface area contributed by atoms with Gasteiger partial charge in [-0.2, -0.15) is 5.26 Å². The van der Waals surface area contributed by atoms with Crippen LogP contribution in [0.25, 0.3) is 16.6 Å². The number of aryl methyl sites for hydroxylation is 2. The molecule has 0 aliphatic heterocycles. The number of anilines is 1. The molecule has 0 saturated carbocycles. The number of rotatable bonds is 5. The monoisotopic (exact) mass is 389 g/mol. The Balaban J connectivity index is 1.84. The van der Waals surface area contributed by atoms with E-state index in [0.29, 0.717) is 5.69 Å². The Morgan fingerprint density at radius 2 is 1.93 bits per heavy atom. The van der Waals surface area contributed by atoms with Crippen LogP contribution in [0.15, 0.2) is 53.4 Å². The van der Waals surface area contributed by atoms with Gasteiger partial charge in [0.15, 0.2) is 0 Å². The molecule has 2 aromatic carbocycles. The first kappa shape index (κ1) is 19.3. The highest BCUT2D eigenvalue weighted by atomic mass is 32.1. The lowest BCUT2D eigenvalue weighted by atomic mass is 10.1. The van der Waals surface area contributed by atoms with Crippen LogP contribution in [0.2, 0.25) is 0 Å². The number of carbonyl (C=O) groups is 1. The van der Waals surface area contributed by atoms with Crippen LogP contribution in [0.1, 0.15) is 16.8 Å². The number of benzene rings is 2. The quantitative estimate of drug-likeness (QED) is 0.493. The van der Waals surface area contributed by atoms with Crippen LogP contribution in [0.4, 0.5) is 5.69 Å². The zero-order valence-corrected chi connectivity index (χ0v) is 16.6. The summed E-state index contributed by atoms with van der Waals surface area (Å²) < 4.78 is 5.24. The van der Waals surface area contributed by atoms with E-state index in [4.69, 9.17) is 4.74 Å². The first-order chi connectivity index (χ1) is 13.5. The second kappa shape index (κ2) is 8.51. The van der Waals surface area contributed by atoms with Gasteiger partial charge in [-0.25, -0.2) is 4.98 Å². The van der Waals surface area contributed by atoms with Gasteiger partial charge < -0.3 is 10.1 Å². The van der Waals surface area contributed by atoms with Gasteiger partial charge in [0.2, 0.25) is 0 Å². The van der Waals surface area contributed by atoms with E-state index in [1.54, 1.807) is 7.11 Å². The molecule has 3 rings (SSSR count). The number of methoxy groups -OCH3 is 1. The zero-order valence-electron chi connectivity index (χ0n) is 15.8. The SMILES string of the molecule is COc1cccc(-c2nc(/C=C(\C#N)C(=O)Nc3c(C)cccc3C)cs2)c1. The first-order valence-electron chi connectivity index (χ1n) is 8.61. The van der Waals surface area contributed by atoms with Gasteiger partial charge in [-0.05, 0) is 43.2 Å². The summed E-state index contributed by atoms with van der Waals surface area (Å²) in [6.07, 6.45) is 1.50. The summed E-state index contributed by atoms with van der Waals surface area (Å²) >= 11 is 1.44. The Morgan fingerprint density at radius 1 is 1.21 bits per heavy atom. The molecule has 140 valence electrons. The third-order valence-corrected chi connectivity index (χ3v) is 5.13. The summed E-state index contributed by atoms with van der Waals surface area (Å²) in [5.41, 5.74) is 4.10. The van der Waals surface area contributed by atoms with E-state index in [1.165, 1.54) is 17.4 Å². The number of hydrogen-bond donors (Lipinski definition) is 1. The number of aromatic nitrogens is 1. The molecule has 6 heteroatoms. The van der Waals surface area contributed by atoms with Gasteiger partial charge in [-0.15, -0.1) is 11.3 Å². The van der Waals surface area contributed by atoms with Crippen molar-refractivity contribution in [1.82, 2.24) is 4.98 Å². The van der Waals surface area contributed by atoms with E-state index in [0.717, 1.165) is 33.1 Å². The van der Waals surface area contributed by atoms with E-state index >= 15 is 0 Å². The zero-order chi connectivity index (χ0) is 20.1. The van der Waals surface area contributed by atoms with E-state index < -0.39 is 5.91 Å². The Hall–Kier alpha value is -3.43. The van der Waals surface area contributed by atoms with Crippen molar-refractivity contribution < 1.29 is 9.53 Å². The molecule has 3 aromatic rings. The summed E-state index contributed by atoms with van der Waals surface area (Å²) in [6.45, 7) is 3.83. The lowest BCUT2D eigenvalue weighted by molar-refractivity contribution is -0.112. The molecule has 0 fully saturated rings. The lowest BCUT2D eigenvalue weighted by Gasteiger charge is -2.10. The molecule has 5 nitrogen and oxygen atoms in total. The van der Waals surface area contributed by atoms with Crippen LogP contribution in [-0.4, -0.2) is 18.0 Å². The highest BCUT2D eigenvalue weighted by molar-refractivity contribution is 7.13. The van der Waals surface area contributed by atoms with Crippen molar-refractivity contribution in [2.24, 2.45) is 0 Å². The normalized spacial score (nSPS) is 11.0. The number of ether oxygens (including phenoxy) is 1. The van der Waals surface area contributed by atoms with E-state index in [-0.39, 0.29) is 5.57 Å². The van der Waals surface area contributed by atoms with Crippen LogP contribution in [-0.2, 0) is 4.79 Å². The van der Waals surface area contributed by atoms with Crippen LogP contribution in [0.5, 0.6) is 5.75 Å². The number of para-hydroxylation sites is 1. The van der Waals surface area contributed by atoms with Gasteiger partial charge in [0, 0.05) is 16.6 Å². The van der Waals surface area contributed by atoms with Gasteiger partial charge in [-0.1, -0.05) is 30.3 Å². The molecular weight excluding hydrogens is 370 g/mol. The fourth-order valence-electron chi connectivity index (χ4n) is 2.73. The van der Waals surface area contributed by atoms with Gasteiger partial charge >= 0.3 is 0 Å². The predicted molar refractivity (Wildman–Crippen MR) is 112 cm³/mol. The molecule has 0 unspecified atom stereocenters. The van der Waals surface area contributed by atoms with Crippen molar-refractivity contribution >= 4 is 29.0 Å². The fourth-order valence-corrected chi connectivity index (χ4v) is 3.50. The highest BCUT2D eigenvalue weighted by Gasteiger charge is 2.13. The van der Waals surface area contributed by atoms with Crippen molar-refractivity contribution in [2.75, 3.05) is 12.4 Å². The molecular formula is C22H19N3O2S. The van der Waals surface area contributed by atoms with Crippen molar-refractivity contribution in [3.63, 3.8) is 0 Å². The fraction of sp³-hybridized carbons (Fsp3) is 0.136. The molecule has 0 aliphatic carbocycles. The van der Waals surface area contributed by atoms with Gasteiger partial charge in [-0.3, -0.25) is 4.79 Å². The van der Waals surface area contributed by atoms with Crippen molar-refractivity contribution in [3.8, 4) is 22.4 Å². The van der Waals surface area contributed by atoms with Gasteiger partial charge in [0.05, 0.1) is 12.8 Å². The Morgan fingerprint density at radius 3 is 2.61 bits per heavy atom. The number of nitrogens with zero attached hydrogens (tertiary/aromatic N) is 2. The molecule has 0 bridgehead atoms.